The normalized spacial score (nSPS) is 23.4. The highest BCUT2D eigenvalue weighted by Crippen LogP contribution is 2.48. The molecule has 148 valence electrons. The van der Waals surface area contributed by atoms with Gasteiger partial charge in [0.15, 0.2) is 5.13 Å². The average Bonchev–Trinajstić information content (AvgIpc) is 3.13. The fraction of sp³-hybridized carbons (Fsp3) is 0.476. The number of nitrogens with zero attached hydrogens (tertiary/aromatic N) is 2. The summed E-state index contributed by atoms with van der Waals surface area (Å²) in [5.41, 5.74) is 2.07. The molecule has 7 heteroatoms. The molecule has 28 heavy (non-hydrogen) atoms. The second-order valence-corrected chi connectivity index (χ2v) is 8.41. The summed E-state index contributed by atoms with van der Waals surface area (Å²) in [5.74, 6) is 0.0523. The molecule has 2 aromatic rings. The topological polar surface area (TPSA) is 71.5 Å². The lowest BCUT2D eigenvalue weighted by Crippen LogP contribution is -2.43. The maximum atomic E-state index is 13.1. The summed E-state index contributed by atoms with van der Waals surface area (Å²) in [5, 5.41) is 5.27. The van der Waals surface area contributed by atoms with E-state index in [1.807, 2.05) is 30.5 Å². The van der Waals surface area contributed by atoms with E-state index in [4.69, 9.17) is 4.74 Å². The fourth-order valence-corrected chi connectivity index (χ4v) is 4.49. The highest BCUT2D eigenvalue weighted by Gasteiger charge is 2.46. The molecule has 2 aliphatic rings. The predicted octanol–water partition coefficient (Wildman–Crippen LogP) is 3.20. The number of aryl methyl sites for hydroxylation is 1. The quantitative estimate of drug-likeness (QED) is 0.776. The average molecular weight is 400 g/mol. The molecule has 2 amide bonds. The van der Waals surface area contributed by atoms with E-state index in [1.54, 1.807) is 4.90 Å². The first-order valence-corrected chi connectivity index (χ1v) is 10.7. The number of amides is 2. The van der Waals surface area contributed by atoms with E-state index in [-0.39, 0.29) is 36.3 Å². The van der Waals surface area contributed by atoms with Crippen molar-refractivity contribution >= 4 is 28.3 Å². The lowest BCUT2D eigenvalue weighted by Gasteiger charge is -2.25. The van der Waals surface area contributed by atoms with Gasteiger partial charge in [0.2, 0.25) is 11.8 Å². The molecule has 3 atom stereocenters. The summed E-state index contributed by atoms with van der Waals surface area (Å²) in [6.45, 7) is 3.13. The first-order chi connectivity index (χ1) is 13.6. The molecule has 1 saturated heterocycles. The van der Waals surface area contributed by atoms with E-state index >= 15 is 0 Å². The lowest BCUT2D eigenvalue weighted by molar-refractivity contribution is -0.137. The van der Waals surface area contributed by atoms with Gasteiger partial charge in [0.05, 0.1) is 11.8 Å². The number of carbonyl (C=O) groups excluding carboxylic acids is 2. The van der Waals surface area contributed by atoms with Crippen molar-refractivity contribution in [3.63, 3.8) is 0 Å². The van der Waals surface area contributed by atoms with Crippen LogP contribution < -0.4 is 5.32 Å². The Morgan fingerprint density at radius 1 is 1.32 bits per heavy atom. The monoisotopic (exact) mass is 399 g/mol. The number of carbonyl (C=O) groups is 2. The van der Waals surface area contributed by atoms with Crippen LogP contribution in [-0.2, 0) is 14.3 Å². The van der Waals surface area contributed by atoms with Crippen molar-refractivity contribution in [1.82, 2.24) is 9.88 Å². The Hall–Kier alpha value is -2.25. The highest BCUT2D eigenvalue weighted by molar-refractivity contribution is 7.13. The first kappa shape index (κ1) is 19.1. The molecule has 0 spiro atoms. The molecule has 0 radical (unpaired) electrons. The van der Waals surface area contributed by atoms with Gasteiger partial charge in [-0.05, 0) is 37.7 Å². The van der Waals surface area contributed by atoms with Crippen LogP contribution in [0.15, 0.2) is 35.7 Å². The van der Waals surface area contributed by atoms with E-state index in [9.17, 15) is 9.59 Å². The second-order valence-electron chi connectivity index (χ2n) is 7.56. The Morgan fingerprint density at radius 3 is 2.82 bits per heavy atom. The fourth-order valence-electron chi connectivity index (χ4n) is 3.78. The largest absolute Gasteiger partial charge is 0.376 e. The van der Waals surface area contributed by atoms with Crippen LogP contribution in [0.2, 0.25) is 0 Å². The number of thiazole rings is 1. The molecular weight excluding hydrogens is 374 g/mol. The van der Waals surface area contributed by atoms with E-state index < -0.39 is 0 Å². The number of ether oxygens (including phenoxy) is 1. The van der Waals surface area contributed by atoms with Gasteiger partial charge in [-0.3, -0.25) is 9.59 Å². The SMILES string of the molecule is Cc1csc(NC(=O)CN(CC2CCCO2)C(=O)C2CC2c2ccccc2)n1. The zero-order valence-electron chi connectivity index (χ0n) is 16.0. The van der Waals surface area contributed by atoms with Crippen molar-refractivity contribution in [2.24, 2.45) is 5.92 Å². The predicted molar refractivity (Wildman–Crippen MR) is 108 cm³/mol. The van der Waals surface area contributed by atoms with Gasteiger partial charge in [-0.15, -0.1) is 11.3 Å². The van der Waals surface area contributed by atoms with Gasteiger partial charge in [-0.2, -0.15) is 0 Å². The van der Waals surface area contributed by atoms with Crippen molar-refractivity contribution < 1.29 is 14.3 Å². The van der Waals surface area contributed by atoms with Crippen molar-refractivity contribution in [2.45, 2.75) is 38.2 Å². The van der Waals surface area contributed by atoms with E-state index in [0.717, 1.165) is 31.6 Å². The van der Waals surface area contributed by atoms with Crippen LogP contribution in [0.3, 0.4) is 0 Å². The van der Waals surface area contributed by atoms with Crippen LogP contribution >= 0.6 is 11.3 Å². The van der Waals surface area contributed by atoms with Gasteiger partial charge in [0.25, 0.3) is 0 Å². The van der Waals surface area contributed by atoms with Gasteiger partial charge in [0, 0.05) is 24.4 Å². The molecule has 3 unspecified atom stereocenters. The summed E-state index contributed by atoms with van der Waals surface area (Å²) in [4.78, 5) is 31.6. The Labute approximate surface area is 168 Å². The summed E-state index contributed by atoms with van der Waals surface area (Å²) in [6.07, 6.45) is 2.81. The Balaban J connectivity index is 1.41. The van der Waals surface area contributed by atoms with E-state index in [1.165, 1.54) is 16.9 Å². The van der Waals surface area contributed by atoms with Gasteiger partial charge in [-0.1, -0.05) is 30.3 Å². The minimum Gasteiger partial charge on any atom is -0.376 e. The molecule has 2 fully saturated rings. The third-order valence-electron chi connectivity index (χ3n) is 5.29. The van der Waals surface area contributed by atoms with Crippen LogP contribution in [0.4, 0.5) is 5.13 Å². The molecule has 1 aromatic heterocycles. The van der Waals surface area contributed by atoms with Crippen molar-refractivity contribution in [1.29, 1.82) is 0 Å². The zero-order valence-corrected chi connectivity index (χ0v) is 16.8. The number of anilines is 1. The van der Waals surface area contributed by atoms with Crippen LogP contribution in [0.25, 0.3) is 0 Å². The molecule has 1 aliphatic carbocycles. The highest BCUT2D eigenvalue weighted by atomic mass is 32.1. The third kappa shape index (κ3) is 4.59. The van der Waals surface area contributed by atoms with E-state index in [2.05, 4.69) is 22.4 Å². The molecule has 6 nitrogen and oxygen atoms in total. The summed E-state index contributed by atoms with van der Waals surface area (Å²) >= 11 is 1.39. The summed E-state index contributed by atoms with van der Waals surface area (Å²) in [6, 6.07) is 10.1. The number of hydrogen-bond donors (Lipinski definition) is 1. The molecule has 4 rings (SSSR count). The van der Waals surface area contributed by atoms with Crippen molar-refractivity contribution in [3.8, 4) is 0 Å². The number of nitrogens with one attached hydrogen (secondary N) is 1. The Morgan fingerprint density at radius 2 is 2.14 bits per heavy atom. The van der Waals surface area contributed by atoms with Crippen LogP contribution in [-0.4, -0.2) is 47.5 Å². The number of hydrogen-bond acceptors (Lipinski definition) is 5. The smallest absolute Gasteiger partial charge is 0.245 e. The standard InChI is InChI=1S/C21H25N3O3S/c1-14-13-28-21(22-14)23-19(25)12-24(11-16-8-5-9-27-16)20(26)18-10-17(18)15-6-3-2-4-7-15/h2-4,6-7,13,16-18H,5,8-12H2,1H3,(H,22,23,25). The molecule has 1 aromatic carbocycles. The Bertz CT molecular complexity index is 832. The molecule has 0 bridgehead atoms. The van der Waals surface area contributed by atoms with Crippen LogP contribution in [0, 0.1) is 12.8 Å². The van der Waals surface area contributed by atoms with Gasteiger partial charge in [-0.25, -0.2) is 4.98 Å². The van der Waals surface area contributed by atoms with Crippen LogP contribution in [0.1, 0.15) is 36.4 Å². The van der Waals surface area contributed by atoms with Gasteiger partial charge in [0.1, 0.15) is 6.54 Å². The lowest BCUT2D eigenvalue weighted by atomic mass is 10.1. The zero-order chi connectivity index (χ0) is 19.5. The molecule has 2 heterocycles. The summed E-state index contributed by atoms with van der Waals surface area (Å²) < 4.78 is 5.71. The van der Waals surface area contributed by atoms with Crippen molar-refractivity contribution in [2.75, 3.05) is 25.0 Å². The molecular formula is C21H25N3O3S. The number of aromatic nitrogens is 1. The summed E-state index contributed by atoms with van der Waals surface area (Å²) in [7, 11) is 0. The Kier molecular flexibility index (Phi) is 5.73. The third-order valence-corrected chi connectivity index (χ3v) is 6.17. The number of benzene rings is 1. The minimum atomic E-state index is -0.211. The number of rotatable bonds is 7. The maximum Gasteiger partial charge on any atom is 0.245 e. The molecule has 1 saturated carbocycles. The molecule has 1 aliphatic heterocycles. The van der Waals surface area contributed by atoms with E-state index in [0.29, 0.717) is 11.7 Å². The van der Waals surface area contributed by atoms with Crippen LogP contribution in [0.5, 0.6) is 0 Å². The van der Waals surface area contributed by atoms with Gasteiger partial charge < -0.3 is 15.0 Å². The first-order valence-electron chi connectivity index (χ1n) is 9.77. The second kappa shape index (κ2) is 8.41. The maximum absolute atomic E-state index is 13.1. The van der Waals surface area contributed by atoms with Crippen molar-refractivity contribution in [3.05, 3.63) is 47.0 Å². The molecule has 1 N–H and O–H groups in total. The van der Waals surface area contributed by atoms with Gasteiger partial charge >= 0.3 is 0 Å². The minimum absolute atomic E-state index is 0.0211.